The number of allylic oxidation sites excluding steroid dienone is 2. The smallest absolute Gasteiger partial charge is 0.119 e. The van der Waals surface area contributed by atoms with Crippen molar-refractivity contribution in [2.24, 2.45) is 5.92 Å². The third kappa shape index (κ3) is 4.19. The zero-order valence-electron chi connectivity index (χ0n) is 14.7. The molecular weight excluding hydrogens is 280 g/mol. The Hall–Kier alpha value is -1.24. The maximum absolute atomic E-state index is 10.3. The summed E-state index contributed by atoms with van der Waals surface area (Å²) in [6.45, 7) is 2.29. The summed E-state index contributed by atoms with van der Waals surface area (Å²) in [6.07, 6.45) is 16.8. The van der Waals surface area contributed by atoms with E-state index in [4.69, 9.17) is 0 Å². The van der Waals surface area contributed by atoms with E-state index in [0.717, 1.165) is 5.92 Å². The van der Waals surface area contributed by atoms with Crippen LogP contribution in [-0.4, -0.2) is 5.11 Å². The zero-order chi connectivity index (χ0) is 16.1. The Morgan fingerprint density at radius 1 is 1.09 bits per heavy atom. The second kappa shape index (κ2) is 8.04. The molecule has 1 saturated carbocycles. The third-order valence-corrected chi connectivity index (χ3v) is 5.93. The summed E-state index contributed by atoms with van der Waals surface area (Å²) in [6, 6.07) is 6.35. The fourth-order valence-corrected chi connectivity index (χ4v) is 4.40. The number of unbranched alkanes of at least 4 members (excludes halogenated alkanes) is 1. The molecule has 0 spiro atoms. The summed E-state index contributed by atoms with van der Waals surface area (Å²) in [4.78, 5) is 0. The summed E-state index contributed by atoms with van der Waals surface area (Å²) >= 11 is 0. The highest BCUT2D eigenvalue weighted by Crippen LogP contribution is 2.40. The highest BCUT2D eigenvalue weighted by molar-refractivity contribution is 5.68. The van der Waals surface area contributed by atoms with Gasteiger partial charge < -0.3 is 5.11 Å². The van der Waals surface area contributed by atoms with Gasteiger partial charge in [-0.25, -0.2) is 0 Å². The van der Waals surface area contributed by atoms with Gasteiger partial charge >= 0.3 is 0 Å². The van der Waals surface area contributed by atoms with Gasteiger partial charge in [-0.05, 0) is 72.8 Å². The summed E-state index contributed by atoms with van der Waals surface area (Å²) < 4.78 is 0. The Morgan fingerprint density at radius 3 is 2.61 bits per heavy atom. The lowest BCUT2D eigenvalue weighted by molar-refractivity contribution is 0.414. The van der Waals surface area contributed by atoms with Gasteiger partial charge in [0.2, 0.25) is 0 Å². The maximum Gasteiger partial charge on any atom is 0.119 e. The Balaban J connectivity index is 1.72. The molecule has 0 heterocycles. The number of phenols is 1. The van der Waals surface area contributed by atoms with Crippen molar-refractivity contribution < 1.29 is 5.11 Å². The SMILES string of the molecule is CCCCC1CC=C(c2ccc(O)c(C3CCCCC3)c2)CC1. The molecule has 1 heteroatoms. The average molecular weight is 312 g/mol. The van der Waals surface area contributed by atoms with Crippen LogP contribution >= 0.6 is 0 Å². The topological polar surface area (TPSA) is 20.2 Å². The van der Waals surface area contributed by atoms with Gasteiger partial charge in [0.25, 0.3) is 0 Å². The van der Waals surface area contributed by atoms with Gasteiger partial charge in [0.05, 0.1) is 0 Å². The van der Waals surface area contributed by atoms with Crippen LogP contribution in [0.5, 0.6) is 5.75 Å². The van der Waals surface area contributed by atoms with Crippen molar-refractivity contribution in [3.05, 3.63) is 35.4 Å². The molecule has 0 aromatic heterocycles. The quantitative estimate of drug-likeness (QED) is 0.633. The molecule has 23 heavy (non-hydrogen) atoms. The first-order chi connectivity index (χ1) is 11.3. The molecule has 1 N–H and O–H groups in total. The minimum absolute atomic E-state index is 0.512. The summed E-state index contributed by atoms with van der Waals surface area (Å²) in [5.74, 6) is 1.98. The molecule has 0 saturated heterocycles. The second-order valence-electron chi connectivity index (χ2n) is 7.62. The van der Waals surface area contributed by atoms with Crippen LogP contribution in [0.3, 0.4) is 0 Å². The molecule has 2 aliphatic carbocycles. The second-order valence-corrected chi connectivity index (χ2v) is 7.62. The average Bonchev–Trinajstić information content (AvgIpc) is 2.62. The van der Waals surface area contributed by atoms with Crippen LogP contribution < -0.4 is 0 Å². The van der Waals surface area contributed by atoms with E-state index in [-0.39, 0.29) is 0 Å². The number of phenolic OH excluding ortho intramolecular Hbond substituents is 1. The van der Waals surface area contributed by atoms with E-state index in [2.05, 4.69) is 25.1 Å². The Morgan fingerprint density at radius 2 is 1.91 bits per heavy atom. The predicted octanol–water partition coefficient (Wildman–Crippen LogP) is 6.81. The van der Waals surface area contributed by atoms with E-state index in [0.29, 0.717) is 11.7 Å². The van der Waals surface area contributed by atoms with Crippen LogP contribution in [0.4, 0.5) is 0 Å². The largest absolute Gasteiger partial charge is 0.508 e. The van der Waals surface area contributed by atoms with Gasteiger partial charge in [-0.3, -0.25) is 0 Å². The fourth-order valence-electron chi connectivity index (χ4n) is 4.40. The van der Waals surface area contributed by atoms with Crippen LogP contribution in [0.2, 0.25) is 0 Å². The molecule has 2 aliphatic rings. The van der Waals surface area contributed by atoms with Crippen molar-refractivity contribution in [1.82, 2.24) is 0 Å². The van der Waals surface area contributed by atoms with E-state index in [9.17, 15) is 5.11 Å². The van der Waals surface area contributed by atoms with Gasteiger partial charge in [0, 0.05) is 0 Å². The van der Waals surface area contributed by atoms with Crippen molar-refractivity contribution in [2.75, 3.05) is 0 Å². The molecule has 1 unspecified atom stereocenters. The van der Waals surface area contributed by atoms with Crippen LogP contribution in [0.25, 0.3) is 5.57 Å². The first kappa shape index (κ1) is 16.6. The van der Waals surface area contributed by atoms with Gasteiger partial charge in [0.1, 0.15) is 5.75 Å². The molecule has 0 aliphatic heterocycles. The van der Waals surface area contributed by atoms with Gasteiger partial charge in [-0.15, -0.1) is 0 Å². The molecule has 0 amide bonds. The van der Waals surface area contributed by atoms with Crippen molar-refractivity contribution in [3.8, 4) is 5.75 Å². The Kier molecular flexibility index (Phi) is 5.80. The van der Waals surface area contributed by atoms with Crippen molar-refractivity contribution in [1.29, 1.82) is 0 Å². The van der Waals surface area contributed by atoms with Crippen molar-refractivity contribution in [2.45, 2.75) is 83.5 Å². The van der Waals surface area contributed by atoms with Crippen molar-refractivity contribution in [3.63, 3.8) is 0 Å². The lowest BCUT2D eigenvalue weighted by Crippen LogP contribution is -2.07. The lowest BCUT2D eigenvalue weighted by atomic mass is 9.80. The van der Waals surface area contributed by atoms with Gasteiger partial charge in [-0.2, -0.15) is 0 Å². The van der Waals surface area contributed by atoms with Gasteiger partial charge in [-0.1, -0.05) is 57.6 Å². The minimum atomic E-state index is 0.512. The highest BCUT2D eigenvalue weighted by atomic mass is 16.3. The van der Waals surface area contributed by atoms with Crippen LogP contribution in [-0.2, 0) is 0 Å². The number of aromatic hydroxyl groups is 1. The normalized spacial score (nSPS) is 22.8. The monoisotopic (exact) mass is 312 g/mol. The zero-order valence-corrected chi connectivity index (χ0v) is 14.7. The molecule has 1 atom stereocenters. The van der Waals surface area contributed by atoms with E-state index < -0.39 is 0 Å². The fraction of sp³-hybridized carbons (Fsp3) is 0.636. The van der Waals surface area contributed by atoms with Crippen LogP contribution in [0.15, 0.2) is 24.3 Å². The van der Waals surface area contributed by atoms with Crippen LogP contribution in [0.1, 0.15) is 94.6 Å². The molecule has 1 aromatic rings. The summed E-state index contributed by atoms with van der Waals surface area (Å²) in [7, 11) is 0. The van der Waals surface area contributed by atoms with Crippen LogP contribution in [0, 0.1) is 5.92 Å². The number of hydrogen-bond acceptors (Lipinski definition) is 1. The first-order valence-corrected chi connectivity index (χ1v) is 9.80. The minimum Gasteiger partial charge on any atom is -0.508 e. The maximum atomic E-state index is 10.3. The lowest BCUT2D eigenvalue weighted by Gasteiger charge is -2.25. The molecular formula is C22H32O. The number of rotatable bonds is 5. The molecule has 126 valence electrons. The van der Waals surface area contributed by atoms with Gasteiger partial charge in [0.15, 0.2) is 0 Å². The number of benzene rings is 1. The first-order valence-electron chi connectivity index (χ1n) is 9.80. The molecule has 1 aromatic carbocycles. The molecule has 1 nitrogen and oxygen atoms in total. The summed E-state index contributed by atoms with van der Waals surface area (Å²) in [5, 5.41) is 10.3. The van der Waals surface area contributed by atoms with E-state index in [1.807, 2.05) is 6.07 Å². The Labute approximate surface area is 141 Å². The molecule has 0 radical (unpaired) electrons. The molecule has 0 bridgehead atoms. The standard InChI is InChI=1S/C22H32O/c1-2-3-7-17-10-12-18(13-11-17)20-14-15-22(23)21(16-20)19-8-5-4-6-9-19/h12,14-17,19,23H,2-11,13H2,1H3. The Bertz CT molecular complexity index is 537. The van der Waals surface area contributed by atoms with E-state index >= 15 is 0 Å². The number of hydrogen-bond donors (Lipinski definition) is 1. The molecule has 3 rings (SSSR count). The highest BCUT2D eigenvalue weighted by Gasteiger charge is 2.20. The molecule has 1 fully saturated rings. The third-order valence-electron chi connectivity index (χ3n) is 5.93. The predicted molar refractivity (Wildman–Crippen MR) is 98.8 cm³/mol. The summed E-state index contributed by atoms with van der Waals surface area (Å²) in [5.41, 5.74) is 4.07. The van der Waals surface area contributed by atoms with Crippen molar-refractivity contribution >= 4 is 5.57 Å². The van der Waals surface area contributed by atoms with E-state index in [1.165, 1.54) is 87.3 Å². The van der Waals surface area contributed by atoms with E-state index in [1.54, 1.807) is 0 Å².